The van der Waals surface area contributed by atoms with Gasteiger partial charge in [0.05, 0.1) is 24.4 Å². The highest BCUT2D eigenvalue weighted by Gasteiger charge is 2.12. The number of hydrogen-bond donors (Lipinski definition) is 1. The number of thiophene rings is 1. The van der Waals surface area contributed by atoms with Gasteiger partial charge < -0.3 is 10.1 Å². The Bertz CT molecular complexity index is 625. The number of aryl methyl sites for hydroxylation is 2. The molecule has 0 aliphatic rings. The summed E-state index contributed by atoms with van der Waals surface area (Å²) in [5.41, 5.74) is 1.03. The lowest BCUT2D eigenvalue weighted by molar-refractivity contribution is 0.0524. The van der Waals surface area contributed by atoms with Gasteiger partial charge in [0, 0.05) is 16.0 Å². The Morgan fingerprint density at radius 3 is 2.71 bits per heavy atom. The second kappa shape index (κ2) is 7.17. The van der Waals surface area contributed by atoms with E-state index in [2.05, 4.69) is 34.3 Å². The zero-order valence-corrected chi connectivity index (χ0v) is 13.3. The van der Waals surface area contributed by atoms with E-state index in [4.69, 9.17) is 4.74 Å². The van der Waals surface area contributed by atoms with Crippen LogP contribution in [0.15, 0.2) is 18.3 Å². The molecule has 6 heteroatoms. The number of aromatic nitrogens is 2. The first-order valence-corrected chi connectivity index (χ1v) is 7.77. The fourth-order valence-electron chi connectivity index (χ4n) is 1.84. The van der Waals surface area contributed by atoms with Crippen molar-refractivity contribution in [2.45, 2.75) is 33.7 Å². The third-order valence-electron chi connectivity index (χ3n) is 2.96. The molecule has 0 aliphatic heterocycles. The summed E-state index contributed by atoms with van der Waals surface area (Å²) in [6.45, 7) is 6.72. The van der Waals surface area contributed by atoms with Crippen LogP contribution in [0.4, 0.5) is 5.95 Å². The summed E-state index contributed by atoms with van der Waals surface area (Å²) in [5.74, 6) is 0.138. The predicted octanol–water partition coefficient (Wildman–Crippen LogP) is 3.20. The number of anilines is 1. The molecule has 2 aromatic rings. The molecule has 0 saturated heterocycles. The molecular weight excluding hydrogens is 286 g/mol. The van der Waals surface area contributed by atoms with Gasteiger partial charge in [0.2, 0.25) is 5.95 Å². The zero-order chi connectivity index (χ0) is 15.2. The fourth-order valence-corrected chi connectivity index (χ4v) is 2.73. The molecule has 0 radical (unpaired) electrons. The van der Waals surface area contributed by atoms with Crippen LogP contribution in [0.5, 0.6) is 0 Å². The molecule has 2 aromatic heterocycles. The highest BCUT2D eigenvalue weighted by Crippen LogP contribution is 2.18. The molecule has 2 rings (SSSR count). The molecule has 21 heavy (non-hydrogen) atoms. The van der Waals surface area contributed by atoms with Crippen LogP contribution in [0.25, 0.3) is 0 Å². The average Bonchev–Trinajstić information content (AvgIpc) is 2.93. The Kier molecular flexibility index (Phi) is 5.27. The van der Waals surface area contributed by atoms with E-state index >= 15 is 0 Å². The highest BCUT2D eigenvalue weighted by molar-refractivity contribution is 7.12. The first-order valence-electron chi connectivity index (χ1n) is 6.96. The Morgan fingerprint density at radius 1 is 1.33 bits per heavy atom. The largest absolute Gasteiger partial charge is 0.462 e. The molecule has 0 aliphatic carbocycles. The van der Waals surface area contributed by atoms with Crippen LogP contribution >= 0.6 is 11.3 Å². The molecule has 0 fully saturated rings. The summed E-state index contributed by atoms with van der Waals surface area (Å²) < 4.78 is 4.96. The summed E-state index contributed by atoms with van der Waals surface area (Å²) in [6, 6.07) is 4.24. The normalized spacial score (nSPS) is 10.4. The van der Waals surface area contributed by atoms with E-state index in [-0.39, 0.29) is 5.97 Å². The van der Waals surface area contributed by atoms with Gasteiger partial charge in [0.1, 0.15) is 0 Å². The summed E-state index contributed by atoms with van der Waals surface area (Å²) >= 11 is 1.78. The topological polar surface area (TPSA) is 64.1 Å². The number of esters is 1. The van der Waals surface area contributed by atoms with E-state index in [1.54, 1.807) is 25.2 Å². The molecule has 0 atom stereocenters. The zero-order valence-electron chi connectivity index (χ0n) is 12.5. The second-order valence-corrected chi connectivity index (χ2v) is 5.74. The lowest BCUT2D eigenvalue weighted by Gasteiger charge is -2.07. The molecule has 5 nitrogen and oxygen atoms in total. The van der Waals surface area contributed by atoms with Crippen molar-refractivity contribution >= 4 is 23.3 Å². The SMILES string of the molecule is CCOC(=O)c1cnc(NCc2ccc(CC)s2)nc1C. The van der Waals surface area contributed by atoms with Gasteiger partial charge in [-0.3, -0.25) is 0 Å². The van der Waals surface area contributed by atoms with Gasteiger partial charge in [-0.1, -0.05) is 6.92 Å². The van der Waals surface area contributed by atoms with Crippen molar-refractivity contribution in [2.24, 2.45) is 0 Å². The van der Waals surface area contributed by atoms with Crippen molar-refractivity contribution in [2.75, 3.05) is 11.9 Å². The first-order chi connectivity index (χ1) is 10.1. The fraction of sp³-hybridized carbons (Fsp3) is 0.400. The van der Waals surface area contributed by atoms with Gasteiger partial charge in [-0.2, -0.15) is 0 Å². The predicted molar refractivity (Wildman–Crippen MR) is 83.7 cm³/mol. The molecule has 0 spiro atoms. The molecule has 0 amide bonds. The number of carbonyl (C=O) groups is 1. The van der Waals surface area contributed by atoms with Crippen molar-refractivity contribution in [3.05, 3.63) is 39.3 Å². The van der Waals surface area contributed by atoms with Gasteiger partial charge in [0.25, 0.3) is 0 Å². The summed E-state index contributed by atoms with van der Waals surface area (Å²) in [6.07, 6.45) is 2.56. The van der Waals surface area contributed by atoms with Crippen molar-refractivity contribution in [3.63, 3.8) is 0 Å². The number of rotatable bonds is 6. The standard InChI is InChI=1S/C15H19N3O2S/c1-4-11-6-7-12(21-11)8-16-15-17-9-13(10(3)18-15)14(19)20-5-2/h6-7,9H,4-5,8H2,1-3H3,(H,16,17,18). The molecule has 0 saturated carbocycles. The number of carbonyl (C=O) groups excluding carboxylic acids is 1. The Balaban J connectivity index is 2.01. The number of nitrogens with one attached hydrogen (secondary N) is 1. The van der Waals surface area contributed by atoms with E-state index in [1.807, 2.05) is 0 Å². The van der Waals surface area contributed by atoms with Crippen molar-refractivity contribution in [3.8, 4) is 0 Å². The monoisotopic (exact) mass is 305 g/mol. The third-order valence-corrected chi connectivity index (χ3v) is 4.19. The van der Waals surface area contributed by atoms with E-state index < -0.39 is 0 Å². The minimum absolute atomic E-state index is 0.344. The summed E-state index contributed by atoms with van der Waals surface area (Å²) in [5, 5.41) is 3.17. The molecule has 0 unspecified atom stereocenters. The van der Waals surface area contributed by atoms with E-state index in [0.717, 1.165) is 6.42 Å². The van der Waals surface area contributed by atoms with Gasteiger partial charge in [-0.15, -0.1) is 11.3 Å². The van der Waals surface area contributed by atoms with Crippen LogP contribution in [0.2, 0.25) is 0 Å². The maximum absolute atomic E-state index is 11.7. The van der Waals surface area contributed by atoms with Crippen molar-refractivity contribution in [1.82, 2.24) is 9.97 Å². The number of ether oxygens (including phenoxy) is 1. The second-order valence-electron chi connectivity index (χ2n) is 4.49. The third kappa shape index (κ3) is 4.01. The van der Waals surface area contributed by atoms with Gasteiger partial charge in [0.15, 0.2) is 0 Å². The molecule has 0 aromatic carbocycles. The van der Waals surface area contributed by atoms with Crippen LogP contribution < -0.4 is 5.32 Å². The van der Waals surface area contributed by atoms with Gasteiger partial charge in [-0.05, 0) is 32.4 Å². The summed E-state index contributed by atoms with van der Waals surface area (Å²) in [4.78, 5) is 22.7. The van der Waals surface area contributed by atoms with Crippen LogP contribution in [0, 0.1) is 6.92 Å². The first kappa shape index (κ1) is 15.4. The Morgan fingerprint density at radius 2 is 2.10 bits per heavy atom. The lowest BCUT2D eigenvalue weighted by Crippen LogP contribution is -2.11. The lowest BCUT2D eigenvalue weighted by atomic mass is 10.2. The molecule has 2 heterocycles. The van der Waals surface area contributed by atoms with Crippen molar-refractivity contribution in [1.29, 1.82) is 0 Å². The number of hydrogen-bond acceptors (Lipinski definition) is 6. The molecule has 0 bridgehead atoms. The Labute approximate surface area is 128 Å². The van der Waals surface area contributed by atoms with Crippen molar-refractivity contribution < 1.29 is 9.53 Å². The molecule has 112 valence electrons. The minimum Gasteiger partial charge on any atom is -0.462 e. The molecular formula is C15H19N3O2S. The molecule has 1 N–H and O–H groups in total. The van der Waals surface area contributed by atoms with Gasteiger partial charge in [-0.25, -0.2) is 14.8 Å². The number of nitrogens with zero attached hydrogens (tertiary/aromatic N) is 2. The smallest absolute Gasteiger partial charge is 0.341 e. The van der Waals surface area contributed by atoms with E-state index in [9.17, 15) is 4.79 Å². The highest BCUT2D eigenvalue weighted by atomic mass is 32.1. The minimum atomic E-state index is -0.382. The van der Waals surface area contributed by atoms with Crippen LogP contribution in [0.3, 0.4) is 0 Å². The Hall–Kier alpha value is -1.95. The van der Waals surface area contributed by atoms with Crippen LogP contribution in [-0.4, -0.2) is 22.5 Å². The quantitative estimate of drug-likeness (QED) is 0.830. The maximum atomic E-state index is 11.7. The van der Waals surface area contributed by atoms with E-state index in [1.165, 1.54) is 16.0 Å². The van der Waals surface area contributed by atoms with Crippen LogP contribution in [0.1, 0.15) is 39.7 Å². The average molecular weight is 305 g/mol. The van der Waals surface area contributed by atoms with Gasteiger partial charge >= 0.3 is 5.97 Å². The van der Waals surface area contributed by atoms with E-state index in [0.29, 0.717) is 30.4 Å². The maximum Gasteiger partial charge on any atom is 0.341 e. The van der Waals surface area contributed by atoms with Crippen LogP contribution in [-0.2, 0) is 17.7 Å². The summed E-state index contributed by atoms with van der Waals surface area (Å²) in [7, 11) is 0.